The maximum Gasteiger partial charge on any atom is 0.240 e. The minimum atomic E-state index is -0.437. The largest absolute Gasteiger partial charge is 0.363 e. The molecule has 3 N–H and O–H groups in total. The first-order valence-corrected chi connectivity index (χ1v) is 6.60. The maximum absolute atomic E-state index is 12.5. The Kier molecular flexibility index (Phi) is 3.48. The second-order valence-electron chi connectivity index (χ2n) is 6.16. The highest BCUT2D eigenvalue weighted by Gasteiger charge is 2.37. The SMILES string of the molecule is CC(C)(C)C(N)C(=O)N1CCCC1c1ccc[nH]1. The number of carbonyl (C=O) groups excluding carboxylic acids is 1. The number of hydrogen-bond acceptors (Lipinski definition) is 2. The van der Waals surface area contributed by atoms with E-state index in [0.717, 1.165) is 25.1 Å². The van der Waals surface area contributed by atoms with Gasteiger partial charge in [-0.15, -0.1) is 0 Å². The molecule has 18 heavy (non-hydrogen) atoms. The highest BCUT2D eigenvalue weighted by atomic mass is 16.2. The summed E-state index contributed by atoms with van der Waals surface area (Å²) in [5.74, 6) is 0.0691. The predicted octanol–water partition coefficient (Wildman–Crippen LogP) is 2.05. The first-order valence-electron chi connectivity index (χ1n) is 6.60. The molecule has 0 aromatic carbocycles. The molecule has 1 aromatic heterocycles. The summed E-state index contributed by atoms with van der Waals surface area (Å²) in [7, 11) is 0. The van der Waals surface area contributed by atoms with Crippen LogP contribution in [0.3, 0.4) is 0 Å². The van der Waals surface area contributed by atoms with Crippen LogP contribution in [0, 0.1) is 5.41 Å². The van der Waals surface area contributed by atoms with Crippen LogP contribution in [0.15, 0.2) is 18.3 Å². The van der Waals surface area contributed by atoms with Gasteiger partial charge in [-0.3, -0.25) is 4.79 Å². The highest BCUT2D eigenvalue weighted by molar-refractivity contribution is 5.83. The monoisotopic (exact) mass is 249 g/mol. The molecule has 0 spiro atoms. The fraction of sp³-hybridized carbons (Fsp3) is 0.643. The van der Waals surface area contributed by atoms with E-state index in [1.807, 2.05) is 44.0 Å². The maximum atomic E-state index is 12.5. The number of nitrogens with zero attached hydrogens (tertiary/aromatic N) is 1. The van der Waals surface area contributed by atoms with Crippen LogP contribution in [-0.4, -0.2) is 28.4 Å². The lowest BCUT2D eigenvalue weighted by molar-refractivity contribution is -0.136. The minimum absolute atomic E-state index is 0.0691. The molecule has 1 aliphatic heterocycles. The second kappa shape index (κ2) is 4.76. The molecule has 100 valence electrons. The second-order valence-corrected chi connectivity index (χ2v) is 6.16. The molecule has 1 fully saturated rings. The van der Waals surface area contributed by atoms with Gasteiger partial charge in [0.25, 0.3) is 0 Å². The zero-order chi connectivity index (χ0) is 13.3. The Labute approximate surface area is 109 Å². The highest BCUT2D eigenvalue weighted by Crippen LogP contribution is 2.32. The van der Waals surface area contributed by atoms with Crippen LogP contribution in [0.2, 0.25) is 0 Å². The minimum Gasteiger partial charge on any atom is -0.363 e. The standard InChI is InChI=1S/C14H23N3O/c1-14(2,3)12(15)13(18)17-9-5-7-11(17)10-6-4-8-16-10/h4,6,8,11-12,16H,5,7,9,15H2,1-3H3. The molecule has 1 aliphatic rings. The molecule has 4 heteroatoms. The van der Waals surface area contributed by atoms with E-state index in [4.69, 9.17) is 5.73 Å². The lowest BCUT2D eigenvalue weighted by Crippen LogP contribution is -2.50. The van der Waals surface area contributed by atoms with Crippen molar-refractivity contribution >= 4 is 5.91 Å². The van der Waals surface area contributed by atoms with Gasteiger partial charge in [-0.2, -0.15) is 0 Å². The van der Waals surface area contributed by atoms with Crippen molar-refractivity contribution in [1.29, 1.82) is 0 Å². The Morgan fingerprint density at radius 2 is 2.28 bits per heavy atom. The number of aromatic nitrogens is 1. The topological polar surface area (TPSA) is 62.1 Å². The number of hydrogen-bond donors (Lipinski definition) is 2. The van der Waals surface area contributed by atoms with Gasteiger partial charge in [-0.05, 0) is 30.4 Å². The van der Waals surface area contributed by atoms with E-state index >= 15 is 0 Å². The van der Waals surface area contributed by atoms with Crippen molar-refractivity contribution < 1.29 is 4.79 Å². The summed E-state index contributed by atoms with van der Waals surface area (Å²) in [5.41, 5.74) is 7.01. The van der Waals surface area contributed by atoms with Crippen LogP contribution in [0.4, 0.5) is 0 Å². The summed E-state index contributed by atoms with van der Waals surface area (Å²) in [6, 6.07) is 3.74. The van der Waals surface area contributed by atoms with Crippen molar-refractivity contribution in [3.05, 3.63) is 24.0 Å². The van der Waals surface area contributed by atoms with Crippen LogP contribution in [0.5, 0.6) is 0 Å². The molecule has 2 heterocycles. The third-order valence-corrected chi connectivity index (χ3v) is 3.72. The predicted molar refractivity (Wildman–Crippen MR) is 71.9 cm³/mol. The van der Waals surface area contributed by atoms with Gasteiger partial charge < -0.3 is 15.6 Å². The summed E-state index contributed by atoms with van der Waals surface area (Å²) in [6.45, 7) is 6.84. The van der Waals surface area contributed by atoms with Crippen molar-refractivity contribution in [2.75, 3.05) is 6.54 Å². The summed E-state index contributed by atoms with van der Waals surface area (Å²) in [6.07, 6.45) is 3.97. The molecule has 1 aromatic rings. The Morgan fingerprint density at radius 3 is 2.83 bits per heavy atom. The van der Waals surface area contributed by atoms with Gasteiger partial charge in [0.1, 0.15) is 0 Å². The summed E-state index contributed by atoms with van der Waals surface area (Å²) < 4.78 is 0. The molecule has 2 rings (SSSR count). The summed E-state index contributed by atoms with van der Waals surface area (Å²) in [5, 5.41) is 0. The number of H-pyrrole nitrogens is 1. The normalized spacial score (nSPS) is 22.2. The summed E-state index contributed by atoms with van der Waals surface area (Å²) in [4.78, 5) is 17.6. The number of carbonyl (C=O) groups is 1. The van der Waals surface area contributed by atoms with Gasteiger partial charge in [-0.1, -0.05) is 20.8 Å². The molecule has 1 saturated heterocycles. The van der Waals surface area contributed by atoms with Gasteiger partial charge in [-0.25, -0.2) is 0 Å². The van der Waals surface area contributed by atoms with Crippen LogP contribution in [0.25, 0.3) is 0 Å². The Morgan fingerprint density at radius 1 is 1.56 bits per heavy atom. The molecular formula is C14H23N3O. The third-order valence-electron chi connectivity index (χ3n) is 3.72. The van der Waals surface area contributed by atoms with E-state index in [-0.39, 0.29) is 17.4 Å². The van der Waals surface area contributed by atoms with E-state index in [1.165, 1.54) is 0 Å². The Hall–Kier alpha value is -1.29. The zero-order valence-electron chi connectivity index (χ0n) is 11.4. The van der Waals surface area contributed by atoms with Gasteiger partial charge in [0.05, 0.1) is 12.1 Å². The molecule has 0 radical (unpaired) electrons. The lowest BCUT2D eigenvalue weighted by atomic mass is 9.86. The first-order chi connectivity index (χ1) is 8.41. The van der Waals surface area contributed by atoms with E-state index in [9.17, 15) is 4.79 Å². The molecule has 2 atom stereocenters. The van der Waals surface area contributed by atoms with Gasteiger partial charge in [0.15, 0.2) is 0 Å². The Balaban J connectivity index is 2.15. The first kappa shape index (κ1) is 13.1. The van der Waals surface area contributed by atoms with Gasteiger partial charge in [0, 0.05) is 18.4 Å². The Bertz CT molecular complexity index is 405. The van der Waals surface area contributed by atoms with Gasteiger partial charge >= 0.3 is 0 Å². The number of amides is 1. The smallest absolute Gasteiger partial charge is 0.240 e. The van der Waals surface area contributed by atoms with Crippen LogP contribution in [-0.2, 0) is 4.79 Å². The molecule has 0 bridgehead atoms. The number of likely N-dealkylation sites (tertiary alicyclic amines) is 1. The molecule has 1 amide bonds. The van der Waals surface area contributed by atoms with E-state index < -0.39 is 6.04 Å². The average molecular weight is 249 g/mol. The van der Waals surface area contributed by atoms with Crippen molar-refractivity contribution in [1.82, 2.24) is 9.88 Å². The zero-order valence-corrected chi connectivity index (χ0v) is 11.4. The molecule has 0 saturated carbocycles. The summed E-state index contributed by atoms with van der Waals surface area (Å²) >= 11 is 0. The van der Waals surface area contributed by atoms with Crippen molar-refractivity contribution in [2.24, 2.45) is 11.1 Å². The quantitative estimate of drug-likeness (QED) is 0.842. The number of rotatable bonds is 2. The number of aromatic amines is 1. The van der Waals surface area contributed by atoms with E-state index in [0.29, 0.717) is 0 Å². The van der Waals surface area contributed by atoms with Gasteiger partial charge in [0.2, 0.25) is 5.91 Å². The average Bonchev–Trinajstić information content (AvgIpc) is 2.95. The van der Waals surface area contributed by atoms with Crippen molar-refractivity contribution in [2.45, 2.75) is 45.7 Å². The molecule has 4 nitrogen and oxygen atoms in total. The van der Waals surface area contributed by atoms with E-state index in [1.54, 1.807) is 0 Å². The fourth-order valence-corrected chi connectivity index (χ4v) is 2.45. The fourth-order valence-electron chi connectivity index (χ4n) is 2.45. The number of nitrogens with one attached hydrogen (secondary N) is 1. The molecule has 0 aliphatic carbocycles. The molecule has 2 unspecified atom stereocenters. The molecular weight excluding hydrogens is 226 g/mol. The van der Waals surface area contributed by atoms with E-state index in [2.05, 4.69) is 4.98 Å². The van der Waals surface area contributed by atoms with Crippen LogP contribution < -0.4 is 5.73 Å². The third kappa shape index (κ3) is 2.43. The van der Waals surface area contributed by atoms with Crippen LogP contribution >= 0.6 is 0 Å². The van der Waals surface area contributed by atoms with Crippen LogP contribution in [0.1, 0.15) is 45.3 Å². The number of nitrogens with two attached hydrogens (primary N) is 1. The van der Waals surface area contributed by atoms with Crippen molar-refractivity contribution in [3.63, 3.8) is 0 Å². The lowest BCUT2D eigenvalue weighted by Gasteiger charge is -2.32. The van der Waals surface area contributed by atoms with Crippen molar-refractivity contribution in [3.8, 4) is 0 Å².